The number of ether oxygens (including phenoxy) is 3. The second-order valence-corrected chi connectivity index (χ2v) is 7.18. The zero-order valence-electron chi connectivity index (χ0n) is 17.7. The van der Waals surface area contributed by atoms with Crippen LogP contribution in [0.25, 0.3) is 0 Å². The molecule has 2 aromatic rings. The number of nitrogens with one attached hydrogen (secondary N) is 2. The maximum absolute atomic E-state index is 5.79. The quantitative estimate of drug-likeness (QED) is 0.555. The van der Waals surface area contributed by atoms with Crippen molar-refractivity contribution in [3.05, 3.63) is 35.5 Å². The summed E-state index contributed by atoms with van der Waals surface area (Å²) >= 11 is 0. The SMILES string of the molecule is CN=C(NCc1cc(OC)c(OC)c(OC)c1)NCc1ncc(C(C)(C)C)o1. The summed E-state index contributed by atoms with van der Waals surface area (Å²) in [7, 11) is 6.48. The predicted molar refractivity (Wildman–Crippen MR) is 108 cm³/mol. The van der Waals surface area contributed by atoms with Gasteiger partial charge < -0.3 is 29.3 Å². The van der Waals surface area contributed by atoms with E-state index in [1.807, 2.05) is 12.1 Å². The van der Waals surface area contributed by atoms with Gasteiger partial charge in [0, 0.05) is 19.0 Å². The minimum atomic E-state index is -0.0718. The molecular weight excluding hydrogens is 360 g/mol. The molecule has 1 aromatic carbocycles. The number of rotatable bonds is 7. The highest BCUT2D eigenvalue weighted by Crippen LogP contribution is 2.38. The smallest absolute Gasteiger partial charge is 0.213 e. The van der Waals surface area contributed by atoms with Crippen molar-refractivity contribution >= 4 is 5.96 Å². The molecule has 154 valence electrons. The van der Waals surface area contributed by atoms with Gasteiger partial charge in [0.15, 0.2) is 17.5 Å². The minimum absolute atomic E-state index is 0.0718. The molecule has 0 bridgehead atoms. The van der Waals surface area contributed by atoms with Crippen LogP contribution >= 0.6 is 0 Å². The molecule has 0 amide bonds. The third-order valence-corrected chi connectivity index (χ3v) is 4.11. The van der Waals surface area contributed by atoms with Crippen molar-refractivity contribution in [3.8, 4) is 17.2 Å². The molecule has 2 rings (SSSR count). The molecule has 0 radical (unpaired) electrons. The zero-order valence-corrected chi connectivity index (χ0v) is 17.7. The Bertz CT molecular complexity index is 784. The van der Waals surface area contributed by atoms with Gasteiger partial charge in [-0.2, -0.15) is 0 Å². The van der Waals surface area contributed by atoms with Crippen LogP contribution in [0.5, 0.6) is 17.2 Å². The lowest BCUT2D eigenvalue weighted by Crippen LogP contribution is -2.36. The van der Waals surface area contributed by atoms with Gasteiger partial charge in [-0.1, -0.05) is 20.8 Å². The number of hydrogen-bond acceptors (Lipinski definition) is 6. The third-order valence-electron chi connectivity index (χ3n) is 4.11. The molecule has 0 saturated heterocycles. The maximum Gasteiger partial charge on any atom is 0.213 e. The number of hydrogen-bond donors (Lipinski definition) is 2. The van der Waals surface area contributed by atoms with Crippen molar-refractivity contribution in [2.45, 2.75) is 39.3 Å². The fraction of sp³-hybridized carbons (Fsp3) is 0.500. The van der Waals surface area contributed by atoms with Gasteiger partial charge in [0.2, 0.25) is 11.6 Å². The topological polar surface area (TPSA) is 90.1 Å². The van der Waals surface area contributed by atoms with E-state index in [4.69, 9.17) is 18.6 Å². The first-order chi connectivity index (χ1) is 13.3. The van der Waals surface area contributed by atoms with Crippen molar-refractivity contribution < 1.29 is 18.6 Å². The average molecular weight is 390 g/mol. The zero-order chi connectivity index (χ0) is 20.7. The van der Waals surface area contributed by atoms with Crippen molar-refractivity contribution in [2.75, 3.05) is 28.4 Å². The van der Waals surface area contributed by atoms with E-state index < -0.39 is 0 Å². The number of guanidine groups is 1. The van der Waals surface area contributed by atoms with Crippen LogP contribution in [0, 0.1) is 0 Å². The van der Waals surface area contributed by atoms with Crippen LogP contribution < -0.4 is 24.8 Å². The number of benzene rings is 1. The Morgan fingerprint density at radius 1 is 1.04 bits per heavy atom. The van der Waals surface area contributed by atoms with Gasteiger partial charge in [-0.15, -0.1) is 0 Å². The summed E-state index contributed by atoms with van der Waals surface area (Å²) < 4.78 is 21.9. The van der Waals surface area contributed by atoms with E-state index in [0.29, 0.717) is 42.2 Å². The second-order valence-electron chi connectivity index (χ2n) is 7.18. The molecule has 0 aliphatic rings. The maximum atomic E-state index is 5.79. The molecule has 8 heteroatoms. The van der Waals surface area contributed by atoms with Crippen LogP contribution in [-0.2, 0) is 18.5 Å². The van der Waals surface area contributed by atoms with Gasteiger partial charge in [0.1, 0.15) is 5.76 Å². The van der Waals surface area contributed by atoms with Gasteiger partial charge in [-0.05, 0) is 17.7 Å². The Labute approximate surface area is 166 Å². The van der Waals surface area contributed by atoms with Gasteiger partial charge in [0.25, 0.3) is 0 Å². The molecule has 0 saturated carbocycles. The summed E-state index contributed by atoms with van der Waals surface area (Å²) in [6.07, 6.45) is 1.77. The standard InChI is InChI=1S/C20H30N4O4/c1-20(2,3)16-11-22-17(28-16)12-24-19(21-4)23-10-13-8-14(25-5)18(27-7)15(9-13)26-6/h8-9,11H,10,12H2,1-7H3,(H2,21,23,24). The van der Waals surface area contributed by atoms with E-state index in [2.05, 4.69) is 41.4 Å². The van der Waals surface area contributed by atoms with Crippen molar-refractivity contribution in [2.24, 2.45) is 4.99 Å². The van der Waals surface area contributed by atoms with E-state index >= 15 is 0 Å². The molecule has 0 atom stereocenters. The fourth-order valence-electron chi connectivity index (χ4n) is 2.54. The second kappa shape index (κ2) is 9.34. The van der Waals surface area contributed by atoms with Gasteiger partial charge >= 0.3 is 0 Å². The summed E-state index contributed by atoms with van der Waals surface area (Å²) in [5.74, 6) is 3.87. The number of oxazole rings is 1. The summed E-state index contributed by atoms with van der Waals surface area (Å²) in [5.41, 5.74) is 0.890. The summed E-state index contributed by atoms with van der Waals surface area (Å²) in [6.45, 7) is 7.22. The van der Waals surface area contributed by atoms with E-state index in [0.717, 1.165) is 11.3 Å². The molecule has 1 heterocycles. The molecule has 8 nitrogen and oxygen atoms in total. The number of methoxy groups -OCH3 is 3. The fourth-order valence-corrected chi connectivity index (χ4v) is 2.54. The normalized spacial score (nSPS) is 11.9. The molecule has 28 heavy (non-hydrogen) atoms. The van der Waals surface area contributed by atoms with Crippen molar-refractivity contribution in [1.29, 1.82) is 0 Å². The molecule has 0 spiro atoms. The highest BCUT2D eigenvalue weighted by atomic mass is 16.5. The van der Waals surface area contributed by atoms with Crippen LogP contribution in [0.3, 0.4) is 0 Å². The predicted octanol–water partition coefficient (Wildman–Crippen LogP) is 2.86. The van der Waals surface area contributed by atoms with Gasteiger partial charge in [0.05, 0.1) is 34.1 Å². The molecular formula is C20H30N4O4. The number of nitrogens with zero attached hydrogens (tertiary/aromatic N) is 2. The Balaban J connectivity index is 1.99. The highest BCUT2D eigenvalue weighted by Gasteiger charge is 2.19. The summed E-state index contributed by atoms with van der Waals surface area (Å²) in [6, 6.07) is 3.79. The van der Waals surface area contributed by atoms with Crippen LogP contribution in [-0.4, -0.2) is 39.3 Å². The first-order valence-corrected chi connectivity index (χ1v) is 9.01. The Morgan fingerprint density at radius 3 is 2.11 bits per heavy atom. The molecule has 0 aliphatic heterocycles. The first kappa shape index (κ1) is 21.4. The van der Waals surface area contributed by atoms with Crippen LogP contribution in [0.4, 0.5) is 0 Å². The van der Waals surface area contributed by atoms with Crippen molar-refractivity contribution in [3.63, 3.8) is 0 Å². The third kappa shape index (κ3) is 5.31. The van der Waals surface area contributed by atoms with E-state index in [9.17, 15) is 0 Å². The molecule has 0 aliphatic carbocycles. The Morgan fingerprint density at radius 2 is 1.64 bits per heavy atom. The molecule has 2 N–H and O–H groups in total. The summed E-state index contributed by atoms with van der Waals surface area (Å²) in [4.78, 5) is 8.54. The van der Waals surface area contributed by atoms with Gasteiger partial charge in [-0.25, -0.2) is 4.98 Å². The van der Waals surface area contributed by atoms with Gasteiger partial charge in [-0.3, -0.25) is 4.99 Å². The lowest BCUT2D eigenvalue weighted by atomic mass is 9.94. The Hall–Kier alpha value is -2.90. The minimum Gasteiger partial charge on any atom is -0.493 e. The Kier molecular flexibility index (Phi) is 7.14. The first-order valence-electron chi connectivity index (χ1n) is 9.01. The van der Waals surface area contributed by atoms with Crippen molar-refractivity contribution in [1.82, 2.24) is 15.6 Å². The van der Waals surface area contributed by atoms with Crippen LogP contribution in [0.1, 0.15) is 38.0 Å². The highest BCUT2D eigenvalue weighted by molar-refractivity contribution is 5.79. The van der Waals surface area contributed by atoms with E-state index in [1.165, 1.54) is 0 Å². The lowest BCUT2D eigenvalue weighted by Gasteiger charge is -2.15. The number of aliphatic imine (C=N–C) groups is 1. The lowest BCUT2D eigenvalue weighted by molar-refractivity contribution is 0.323. The monoisotopic (exact) mass is 390 g/mol. The summed E-state index contributed by atoms with van der Waals surface area (Å²) in [5, 5.41) is 6.45. The van der Waals surface area contributed by atoms with E-state index in [1.54, 1.807) is 34.6 Å². The largest absolute Gasteiger partial charge is 0.493 e. The molecule has 0 fully saturated rings. The van der Waals surface area contributed by atoms with E-state index in [-0.39, 0.29) is 5.41 Å². The van der Waals surface area contributed by atoms with Crippen LogP contribution in [0.15, 0.2) is 27.7 Å². The average Bonchev–Trinajstić information content (AvgIpc) is 3.16. The van der Waals surface area contributed by atoms with Crippen LogP contribution in [0.2, 0.25) is 0 Å². The number of aromatic nitrogens is 1. The molecule has 1 aromatic heterocycles. The molecule has 0 unspecified atom stereocenters.